The molecule has 1 aliphatic rings. The van der Waals surface area contributed by atoms with Gasteiger partial charge >= 0.3 is 0 Å². The van der Waals surface area contributed by atoms with Crippen LogP contribution in [0.25, 0.3) is 11.1 Å². The maximum absolute atomic E-state index is 11.9. The van der Waals surface area contributed by atoms with Crippen molar-refractivity contribution in [2.75, 3.05) is 24.6 Å². The molecule has 1 aromatic carbocycles. The van der Waals surface area contributed by atoms with Crippen molar-refractivity contribution in [3.05, 3.63) is 18.2 Å². The molecule has 5 nitrogen and oxygen atoms in total. The number of nitrogen functional groups attached to an aromatic ring is 1. The molecule has 0 aliphatic carbocycles. The summed E-state index contributed by atoms with van der Waals surface area (Å²) in [6.45, 7) is 1.76. The fraction of sp³-hybridized carbons (Fsp3) is 0.385. The Bertz CT molecular complexity index is 605. The Morgan fingerprint density at radius 2 is 2.21 bits per heavy atom. The number of nitrogens with zero attached hydrogens (tertiary/aromatic N) is 2. The number of thioether (sulfide) groups is 1. The number of amides is 1. The Morgan fingerprint density at radius 3 is 3.00 bits per heavy atom. The molecule has 1 saturated heterocycles. The zero-order valence-electron chi connectivity index (χ0n) is 10.5. The number of oxazole rings is 1. The number of likely N-dealkylation sites (tertiary alicyclic amines) is 1. The molecule has 1 aromatic heterocycles. The number of anilines is 1. The number of nitrogens with two attached hydrogens (primary N) is 1. The van der Waals surface area contributed by atoms with E-state index in [-0.39, 0.29) is 5.91 Å². The Labute approximate surface area is 115 Å². The third kappa shape index (κ3) is 2.68. The van der Waals surface area contributed by atoms with Crippen LogP contribution in [0.2, 0.25) is 0 Å². The molecule has 0 atom stereocenters. The Hall–Kier alpha value is -1.69. The number of carbonyl (C=O) groups excluding carboxylic acids is 1. The molecule has 0 radical (unpaired) electrons. The Morgan fingerprint density at radius 1 is 1.42 bits per heavy atom. The molecule has 0 unspecified atom stereocenters. The summed E-state index contributed by atoms with van der Waals surface area (Å²) >= 11 is 1.34. The zero-order valence-corrected chi connectivity index (χ0v) is 11.3. The van der Waals surface area contributed by atoms with Crippen LogP contribution in [-0.2, 0) is 4.79 Å². The summed E-state index contributed by atoms with van der Waals surface area (Å²) in [6, 6.07) is 5.35. The summed E-state index contributed by atoms with van der Waals surface area (Å²) in [6.07, 6.45) is 2.22. The standard InChI is InChI=1S/C13H15N3O2S/c14-9-3-4-10-11(7-9)18-13(15-10)19-8-12(17)16-5-1-2-6-16/h3-4,7H,1-2,5-6,8,14H2. The highest BCUT2D eigenvalue weighted by Gasteiger charge is 2.18. The van der Waals surface area contributed by atoms with Gasteiger partial charge in [-0.1, -0.05) is 11.8 Å². The molecular weight excluding hydrogens is 262 g/mol. The van der Waals surface area contributed by atoms with Crippen molar-refractivity contribution in [2.24, 2.45) is 0 Å². The van der Waals surface area contributed by atoms with Crippen LogP contribution in [-0.4, -0.2) is 34.6 Å². The van der Waals surface area contributed by atoms with Crippen molar-refractivity contribution >= 4 is 34.5 Å². The molecule has 2 aromatic rings. The SMILES string of the molecule is Nc1ccc2nc(SCC(=O)N3CCCC3)oc2c1. The van der Waals surface area contributed by atoms with Gasteiger partial charge in [0.1, 0.15) is 5.52 Å². The van der Waals surface area contributed by atoms with Gasteiger partial charge in [-0.25, -0.2) is 4.98 Å². The number of aromatic nitrogens is 1. The predicted molar refractivity (Wildman–Crippen MR) is 75.0 cm³/mol. The van der Waals surface area contributed by atoms with Crippen LogP contribution in [0.1, 0.15) is 12.8 Å². The van der Waals surface area contributed by atoms with Crippen molar-refractivity contribution in [3.8, 4) is 0 Å². The first-order chi connectivity index (χ1) is 9.22. The second kappa shape index (κ2) is 5.13. The van der Waals surface area contributed by atoms with E-state index < -0.39 is 0 Å². The summed E-state index contributed by atoms with van der Waals surface area (Å²) in [5.74, 6) is 0.534. The molecule has 100 valence electrons. The highest BCUT2D eigenvalue weighted by Crippen LogP contribution is 2.25. The average molecular weight is 277 g/mol. The highest BCUT2D eigenvalue weighted by molar-refractivity contribution is 7.99. The lowest BCUT2D eigenvalue weighted by Gasteiger charge is -2.13. The minimum absolute atomic E-state index is 0.157. The van der Waals surface area contributed by atoms with E-state index in [4.69, 9.17) is 10.2 Å². The second-order valence-electron chi connectivity index (χ2n) is 4.58. The van der Waals surface area contributed by atoms with Gasteiger partial charge in [-0.3, -0.25) is 4.79 Å². The van der Waals surface area contributed by atoms with Crippen LogP contribution in [0.15, 0.2) is 27.8 Å². The first-order valence-electron chi connectivity index (χ1n) is 6.29. The topological polar surface area (TPSA) is 72.4 Å². The van der Waals surface area contributed by atoms with E-state index in [1.54, 1.807) is 12.1 Å². The molecule has 2 heterocycles. The van der Waals surface area contributed by atoms with Crippen LogP contribution in [0.5, 0.6) is 0 Å². The normalized spacial score (nSPS) is 15.3. The van der Waals surface area contributed by atoms with Crippen LogP contribution in [0.4, 0.5) is 5.69 Å². The van der Waals surface area contributed by atoms with Crippen LogP contribution >= 0.6 is 11.8 Å². The van der Waals surface area contributed by atoms with E-state index in [2.05, 4.69) is 4.98 Å². The molecule has 3 rings (SSSR count). The summed E-state index contributed by atoms with van der Waals surface area (Å²) in [7, 11) is 0. The van der Waals surface area contributed by atoms with E-state index >= 15 is 0 Å². The Kier molecular flexibility index (Phi) is 3.33. The molecule has 19 heavy (non-hydrogen) atoms. The molecule has 1 aliphatic heterocycles. The van der Waals surface area contributed by atoms with E-state index in [9.17, 15) is 4.79 Å². The molecular formula is C13H15N3O2S. The van der Waals surface area contributed by atoms with Gasteiger partial charge in [0.15, 0.2) is 5.58 Å². The Balaban J connectivity index is 1.66. The van der Waals surface area contributed by atoms with Crippen molar-refractivity contribution in [1.82, 2.24) is 9.88 Å². The van der Waals surface area contributed by atoms with Gasteiger partial charge in [-0.15, -0.1) is 0 Å². The monoisotopic (exact) mass is 277 g/mol. The number of fused-ring (bicyclic) bond motifs is 1. The predicted octanol–water partition coefficient (Wildman–Crippen LogP) is 2.12. The van der Waals surface area contributed by atoms with E-state index in [1.807, 2.05) is 11.0 Å². The quantitative estimate of drug-likeness (QED) is 0.687. The largest absolute Gasteiger partial charge is 0.431 e. The fourth-order valence-corrected chi connectivity index (χ4v) is 2.90. The van der Waals surface area contributed by atoms with Gasteiger partial charge in [0.2, 0.25) is 5.91 Å². The first-order valence-corrected chi connectivity index (χ1v) is 7.27. The van der Waals surface area contributed by atoms with Gasteiger partial charge in [0.05, 0.1) is 5.75 Å². The molecule has 2 N–H and O–H groups in total. The van der Waals surface area contributed by atoms with Crippen molar-refractivity contribution in [1.29, 1.82) is 0 Å². The molecule has 1 amide bonds. The molecule has 6 heteroatoms. The van der Waals surface area contributed by atoms with Crippen molar-refractivity contribution in [3.63, 3.8) is 0 Å². The van der Waals surface area contributed by atoms with Crippen molar-refractivity contribution < 1.29 is 9.21 Å². The van der Waals surface area contributed by atoms with Gasteiger partial charge in [-0.2, -0.15) is 0 Å². The van der Waals surface area contributed by atoms with Gasteiger partial charge < -0.3 is 15.1 Å². The van der Waals surface area contributed by atoms with Gasteiger partial charge in [0.25, 0.3) is 5.22 Å². The molecule has 1 fully saturated rings. The number of rotatable bonds is 3. The molecule has 0 bridgehead atoms. The lowest BCUT2D eigenvalue weighted by Crippen LogP contribution is -2.29. The molecule has 0 saturated carbocycles. The third-order valence-corrected chi connectivity index (χ3v) is 3.98. The minimum atomic E-state index is 0.157. The van der Waals surface area contributed by atoms with Crippen molar-refractivity contribution in [2.45, 2.75) is 18.1 Å². The summed E-state index contributed by atoms with van der Waals surface area (Å²) < 4.78 is 5.56. The average Bonchev–Trinajstić information content (AvgIpc) is 3.04. The maximum atomic E-state index is 11.9. The number of benzene rings is 1. The van der Waals surface area contributed by atoms with Gasteiger partial charge in [0, 0.05) is 24.8 Å². The maximum Gasteiger partial charge on any atom is 0.257 e. The number of hydrogen-bond acceptors (Lipinski definition) is 5. The number of carbonyl (C=O) groups is 1. The number of hydrogen-bond donors (Lipinski definition) is 1. The summed E-state index contributed by atoms with van der Waals surface area (Å²) in [4.78, 5) is 18.1. The second-order valence-corrected chi connectivity index (χ2v) is 5.51. The zero-order chi connectivity index (χ0) is 13.2. The first kappa shape index (κ1) is 12.3. The van der Waals surface area contributed by atoms with E-state index in [0.717, 1.165) is 31.4 Å². The lowest BCUT2D eigenvalue weighted by molar-refractivity contribution is -0.127. The van der Waals surface area contributed by atoms with Crippen LogP contribution in [0, 0.1) is 0 Å². The summed E-state index contributed by atoms with van der Waals surface area (Å²) in [5, 5.41) is 0.521. The smallest absolute Gasteiger partial charge is 0.257 e. The third-order valence-electron chi connectivity index (χ3n) is 3.17. The van der Waals surface area contributed by atoms with E-state index in [0.29, 0.717) is 22.2 Å². The van der Waals surface area contributed by atoms with Crippen LogP contribution < -0.4 is 5.73 Å². The minimum Gasteiger partial charge on any atom is -0.431 e. The molecule has 0 spiro atoms. The van der Waals surface area contributed by atoms with Crippen LogP contribution in [0.3, 0.4) is 0 Å². The van der Waals surface area contributed by atoms with Gasteiger partial charge in [-0.05, 0) is 25.0 Å². The van der Waals surface area contributed by atoms with E-state index in [1.165, 1.54) is 11.8 Å². The fourth-order valence-electron chi connectivity index (χ4n) is 2.16. The lowest BCUT2D eigenvalue weighted by atomic mass is 10.3. The highest BCUT2D eigenvalue weighted by atomic mass is 32.2. The summed E-state index contributed by atoms with van der Waals surface area (Å²) in [5.41, 5.74) is 7.76.